The molecule has 0 spiro atoms. The van der Waals surface area contributed by atoms with Crippen LogP contribution in [0, 0.1) is 15.9 Å². The molecule has 8 heteroatoms. The lowest BCUT2D eigenvalue weighted by Crippen LogP contribution is -2.38. The van der Waals surface area contributed by atoms with Crippen LogP contribution in [0.1, 0.15) is 18.1 Å². The molecular weight excluding hydrogens is 509 g/mol. The number of nitrogens with one attached hydrogen (secondary N) is 2. The third kappa shape index (κ3) is 5.44. The Kier molecular flexibility index (Phi) is 7.31. The van der Waals surface area contributed by atoms with Crippen molar-refractivity contribution in [1.82, 2.24) is 10.2 Å². The zero-order chi connectivity index (χ0) is 22.4. The second-order valence-electron chi connectivity index (χ2n) is 6.62. The summed E-state index contributed by atoms with van der Waals surface area (Å²) in [6.07, 6.45) is 7.50. The summed E-state index contributed by atoms with van der Waals surface area (Å²) in [6.45, 7) is 1.76. The van der Waals surface area contributed by atoms with Gasteiger partial charge in [0.1, 0.15) is 24.6 Å². The maximum atomic E-state index is 12.7. The number of rotatable bonds is 7. The highest BCUT2D eigenvalue weighted by Gasteiger charge is 2.35. The van der Waals surface area contributed by atoms with Crippen LogP contribution in [0.3, 0.4) is 0 Å². The predicted molar refractivity (Wildman–Crippen MR) is 126 cm³/mol. The van der Waals surface area contributed by atoms with Crippen LogP contribution in [0.2, 0.25) is 0 Å². The fourth-order valence-corrected chi connectivity index (χ4v) is 3.70. The molecule has 0 atom stereocenters. The summed E-state index contributed by atoms with van der Waals surface area (Å²) in [4.78, 5) is 38.2. The van der Waals surface area contributed by atoms with Gasteiger partial charge in [-0.25, -0.2) is 9.69 Å². The number of hydrogen-bond acceptors (Lipinski definition) is 4. The topological polar surface area (TPSA) is 87.7 Å². The molecule has 7 nitrogen and oxygen atoms in total. The molecule has 0 aliphatic carbocycles. The number of aryl methyl sites for hydroxylation is 1. The number of terminal acetylenes is 1. The van der Waals surface area contributed by atoms with Gasteiger partial charge in [-0.1, -0.05) is 37.1 Å². The standard InChI is InChI=1S/C23H20IN3O4/c1-3-11-31-20-10-9-15(12-17(20)24)13-19-22(29)27(23(30)26-19)14-21(28)25-18-8-6-5-7-16(18)4-2/h1,5-10,12-13H,4,11,14H2,2H3,(H,25,28)(H,26,30)/b19-13+. The van der Waals surface area contributed by atoms with Crippen molar-refractivity contribution in [2.75, 3.05) is 18.5 Å². The monoisotopic (exact) mass is 529 g/mol. The first-order chi connectivity index (χ1) is 14.9. The Labute approximate surface area is 194 Å². The highest BCUT2D eigenvalue weighted by molar-refractivity contribution is 14.1. The number of anilines is 1. The average Bonchev–Trinajstić information content (AvgIpc) is 3.01. The Morgan fingerprint density at radius 3 is 2.77 bits per heavy atom. The molecule has 2 N–H and O–H groups in total. The third-order valence-corrected chi connectivity index (χ3v) is 5.36. The number of amides is 4. The average molecular weight is 529 g/mol. The molecule has 0 bridgehead atoms. The van der Waals surface area contributed by atoms with E-state index in [1.165, 1.54) is 0 Å². The van der Waals surface area contributed by atoms with Gasteiger partial charge in [-0.15, -0.1) is 6.42 Å². The van der Waals surface area contributed by atoms with E-state index in [-0.39, 0.29) is 18.8 Å². The van der Waals surface area contributed by atoms with E-state index in [0.717, 1.165) is 20.5 Å². The van der Waals surface area contributed by atoms with Crippen molar-refractivity contribution in [3.05, 3.63) is 62.9 Å². The summed E-state index contributed by atoms with van der Waals surface area (Å²) in [7, 11) is 0. The molecule has 3 rings (SSSR count). The van der Waals surface area contributed by atoms with E-state index in [1.54, 1.807) is 30.3 Å². The molecule has 158 valence electrons. The number of carbonyl (C=O) groups excluding carboxylic acids is 3. The molecule has 0 radical (unpaired) electrons. The molecule has 1 saturated heterocycles. The van der Waals surface area contributed by atoms with Crippen LogP contribution in [0.4, 0.5) is 10.5 Å². The number of halogens is 1. The van der Waals surface area contributed by atoms with E-state index in [9.17, 15) is 14.4 Å². The maximum absolute atomic E-state index is 12.7. The normalized spacial score (nSPS) is 14.4. The quantitative estimate of drug-likeness (QED) is 0.249. The first kappa shape index (κ1) is 22.4. The van der Waals surface area contributed by atoms with Crippen molar-refractivity contribution in [2.45, 2.75) is 13.3 Å². The third-order valence-electron chi connectivity index (χ3n) is 4.51. The minimum Gasteiger partial charge on any atom is -0.480 e. The summed E-state index contributed by atoms with van der Waals surface area (Å²) in [6, 6.07) is 12.0. The lowest BCUT2D eigenvalue weighted by atomic mass is 10.1. The fourth-order valence-electron chi connectivity index (χ4n) is 3.01. The summed E-state index contributed by atoms with van der Waals surface area (Å²) in [5, 5.41) is 5.28. The highest BCUT2D eigenvalue weighted by atomic mass is 127. The van der Waals surface area contributed by atoms with E-state index in [0.29, 0.717) is 17.0 Å². The molecule has 1 aliphatic rings. The first-order valence-corrected chi connectivity index (χ1v) is 10.6. The Morgan fingerprint density at radius 2 is 2.06 bits per heavy atom. The van der Waals surface area contributed by atoms with E-state index < -0.39 is 17.8 Å². The van der Waals surface area contributed by atoms with Gasteiger partial charge >= 0.3 is 6.03 Å². The smallest absolute Gasteiger partial charge is 0.329 e. The van der Waals surface area contributed by atoms with Gasteiger partial charge in [0.15, 0.2) is 0 Å². The molecule has 1 heterocycles. The van der Waals surface area contributed by atoms with Crippen LogP contribution >= 0.6 is 22.6 Å². The minimum absolute atomic E-state index is 0.0971. The van der Waals surface area contributed by atoms with Crippen LogP contribution in [-0.4, -0.2) is 35.9 Å². The van der Waals surface area contributed by atoms with Crippen molar-refractivity contribution in [3.8, 4) is 18.1 Å². The molecule has 2 aromatic carbocycles. The molecule has 0 saturated carbocycles. The van der Waals surface area contributed by atoms with Crippen LogP contribution in [0.15, 0.2) is 48.2 Å². The summed E-state index contributed by atoms with van der Waals surface area (Å²) in [5.74, 6) is 2.02. The Morgan fingerprint density at radius 1 is 1.29 bits per heavy atom. The highest BCUT2D eigenvalue weighted by Crippen LogP contribution is 2.24. The Bertz CT molecular complexity index is 1100. The Balaban J connectivity index is 1.70. The molecule has 4 amide bonds. The number of hydrogen-bond donors (Lipinski definition) is 2. The van der Waals surface area contributed by atoms with Crippen LogP contribution in [0.5, 0.6) is 5.75 Å². The number of urea groups is 1. The van der Waals surface area contributed by atoms with Crippen molar-refractivity contribution in [1.29, 1.82) is 0 Å². The van der Waals surface area contributed by atoms with E-state index in [4.69, 9.17) is 11.2 Å². The second kappa shape index (κ2) is 10.1. The van der Waals surface area contributed by atoms with Crippen molar-refractivity contribution in [3.63, 3.8) is 0 Å². The molecule has 31 heavy (non-hydrogen) atoms. The molecule has 2 aromatic rings. The second-order valence-corrected chi connectivity index (χ2v) is 7.78. The lowest BCUT2D eigenvalue weighted by molar-refractivity contribution is -0.127. The van der Waals surface area contributed by atoms with E-state index >= 15 is 0 Å². The predicted octanol–water partition coefficient (Wildman–Crippen LogP) is 3.40. The van der Waals surface area contributed by atoms with Crippen LogP contribution in [-0.2, 0) is 16.0 Å². The van der Waals surface area contributed by atoms with Gasteiger partial charge < -0.3 is 15.4 Å². The number of ether oxygens (including phenoxy) is 1. The maximum Gasteiger partial charge on any atom is 0.329 e. The fraction of sp³-hybridized carbons (Fsp3) is 0.174. The molecular formula is C23H20IN3O4. The van der Waals surface area contributed by atoms with Crippen LogP contribution < -0.4 is 15.4 Å². The van der Waals surface area contributed by atoms with Gasteiger partial charge in [0, 0.05) is 5.69 Å². The summed E-state index contributed by atoms with van der Waals surface area (Å²) < 4.78 is 6.23. The van der Waals surface area contributed by atoms with Gasteiger partial charge in [0.2, 0.25) is 5.91 Å². The summed E-state index contributed by atoms with van der Waals surface area (Å²) in [5.41, 5.74) is 2.43. The zero-order valence-electron chi connectivity index (χ0n) is 16.8. The van der Waals surface area contributed by atoms with Gasteiger partial charge in [-0.2, -0.15) is 0 Å². The van der Waals surface area contributed by atoms with Gasteiger partial charge in [0.05, 0.1) is 3.57 Å². The molecule has 0 aromatic heterocycles. The van der Waals surface area contributed by atoms with Gasteiger partial charge in [-0.05, 0) is 64.4 Å². The summed E-state index contributed by atoms with van der Waals surface area (Å²) >= 11 is 2.10. The largest absolute Gasteiger partial charge is 0.480 e. The zero-order valence-corrected chi connectivity index (χ0v) is 18.9. The van der Waals surface area contributed by atoms with Crippen molar-refractivity contribution < 1.29 is 19.1 Å². The first-order valence-electron chi connectivity index (χ1n) is 9.51. The molecule has 0 unspecified atom stereocenters. The number of nitrogens with zero attached hydrogens (tertiary/aromatic N) is 1. The number of carbonyl (C=O) groups is 3. The van der Waals surface area contributed by atoms with Crippen LogP contribution in [0.25, 0.3) is 6.08 Å². The number of benzene rings is 2. The molecule has 1 fully saturated rings. The van der Waals surface area contributed by atoms with Crippen molar-refractivity contribution >= 4 is 52.2 Å². The van der Waals surface area contributed by atoms with Gasteiger partial charge in [0.25, 0.3) is 5.91 Å². The van der Waals surface area contributed by atoms with E-state index in [2.05, 4.69) is 39.1 Å². The van der Waals surface area contributed by atoms with Crippen molar-refractivity contribution in [2.24, 2.45) is 0 Å². The van der Waals surface area contributed by atoms with Gasteiger partial charge in [-0.3, -0.25) is 9.59 Å². The van der Waals surface area contributed by atoms with E-state index in [1.807, 2.05) is 25.1 Å². The number of imide groups is 1. The number of para-hydroxylation sites is 1. The lowest BCUT2D eigenvalue weighted by Gasteiger charge is -2.13. The Hall–Kier alpha value is -3.32. The minimum atomic E-state index is -0.640. The molecule has 1 aliphatic heterocycles. The SMILES string of the molecule is C#CCOc1ccc(/C=C2/NC(=O)N(CC(=O)Nc3ccccc3CC)C2=O)cc1I.